The lowest BCUT2D eigenvalue weighted by Gasteiger charge is -2.34. The topological polar surface area (TPSA) is 58.6 Å². The number of urea groups is 1. The van der Waals surface area contributed by atoms with E-state index < -0.39 is 0 Å². The van der Waals surface area contributed by atoms with Crippen LogP contribution in [0.4, 0.5) is 4.79 Å². The van der Waals surface area contributed by atoms with Gasteiger partial charge in [-0.25, -0.2) is 4.79 Å². The van der Waals surface area contributed by atoms with Crippen LogP contribution in [0.25, 0.3) is 0 Å². The van der Waals surface area contributed by atoms with E-state index in [-0.39, 0.29) is 23.5 Å². The third-order valence-electron chi connectivity index (χ3n) is 2.81. The molecule has 1 atom stereocenters. The highest BCUT2D eigenvalue weighted by Gasteiger charge is 2.30. The quantitative estimate of drug-likeness (QED) is 0.766. The molecule has 1 N–H and O–H groups in total. The number of ether oxygens (including phenoxy) is 1. The van der Waals surface area contributed by atoms with Gasteiger partial charge in [-0.15, -0.1) is 0 Å². The summed E-state index contributed by atoms with van der Waals surface area (Å²) >= 11 is 0. The largest absolute Gasteiger partial charge is 0.466 e. The summed E-state index contributed by atoms with van der Waals surface area (Å²) in [5.41, 5.74) is -0.256. The Morgan fingerprint density at radius 1 is 1.39 bits per heavy atom. The molecular weight excluding hydrogens is 232 g/mol. The minimum atomic E-state index is -0.256. The molecule has 0 aliphatic carbocycles. The van der Waals surface area contributed by atoms with E-state index in [9.17, 15) is 9.59 Å². The second-order valence-electron chi connectivity index (χ2n) is 5.72. The van der Waals surface area contributed by atoms with E-state index in [4.69, 9.17) is 4.74 Å². The van der Waals surface area contributed by atoms with Gasteiger partial charge in [-0.3, -0.25) is 4.79 Å². The first-order chi connectivity index (χ1) is 8.33. The van der Waals surface area contributed by atoms with E-state index in [2.05, 4.69) is 5.32 Å². The van der Waals surface area contributed by atoms with Crippen molar-refractivity contribution in [1.82, 2.24) is 10.2 Å². The molecule has 0 aromatic heterocycles. The van der Waals surface area contributed by atoms with E-state index in [1.807, 2.05) is 20.8 Å². The summed E-state index contributed by atoms with van der Waals surface area (Å²) in [6.07, 6.45) is 1.65. The van der Waals surface area contributed by atoms with Gasteiger partial charge < -0.3 is 15.0 Å². The lowest BCUT2D eigenvalue weighted by Crippen LogP contribution is -2.52. The Bertz CT molecular complexity index is 310. The molecule has 1 heterocycles. The SMILES string of the molecule is CCOC(=O)[C@H]1CCCN(C(=O)NC(C)(C)C)C1. The molecule has 0 unspecified atom stereocenters. The van der Waals surface area contributed by atoms with Crippen molar-refractivity contribution in [3.8, 4) is 0 Å². The zero-order valence-electron chi connectivity index (χ0n) is 11.8. The number of nitrogens with zero attached hydrogens (tertiary/aromatic N) is 1. The Hall–Kier alpha value is -1.26. The summed E-state index contributed by atoms with van der Waals surface area (Å²) in [5, 5.41) is 2.92. The Morgan fingerprint density at radius 2 is 2.06 bits per heavy atom. The molecule has 0 saturated carbocycles. The highest BCUT2D eigenvalue weighted by Crippen LogP contribution is 2.18. The maximum absolute atomic E-state index is 12.0. The van der Waals surface area contributed by atoms with Crippen LogP contribution in [0.1, 0.15) is 40.5 Å². The van der Waals surface area contributed by atoms with Crippen molar-refractivity contribution in [3.63, 3.8) is 0 Å². The maximum atomic E-state index is 12.0. The van der Waals surface area contributed by atoms with Crippen LogP contribution in [0.5, 0.6) is 0 Å². The number of amides is 2. The standard InChI is InChI=1S/C13H24N2O3/c1-5-18-11(16)10-7-6-8-15(9-10)12(17)14-13(2,3)4/h10H,5-9H2,1-4H3,(H,14,17)/t10-/m0/s1. The van der Waals surface area contributed by atoms with E-state index in [1.54, 1.807) is 11.8 Å². The van der Waals surface area contributed by atoms with Crippen LogP contribution in [-0.4, -0.2) is 42.1 Å². The fraction of sp³-hybridized carbons (Fsp3) is 0.846. The minimum Gasteiger partial charge on any atom is -0.466 e. The van der Waals surface area contributed by atoms with Gasteiger partial charge in [-0.2, -0.15) is 0 Å². The van der Waals surface area contributed by atoms with Gasteiger partial charge in [0.25, 0.3) is 0 Å². The molecule has 1 aliphatic heterocycles. The number of hydrogen-bond donors (Lipinski definition) is 1. The first-order valence-electron chi connectivity index (χ1n) is 6.57. The third-order valence-corrected chi connectivity index (χ3v) is 2.81. The number of esters is 1. The summed E-state index contributed by atoms with van der Waals surface area (Å²) < 4.78 is 5.01. The second-order valence-corrected chi connectivity index (χ2v) is 5.72. The fourth-order valence-corrected chi connectivity index (χ4v) is 2.01. The van der Waals surface area contributed by atoms with Gasteiger partial charge in [-0.1, -0.05) is 0 Å². The monoisotopic (exact) mass is 256 g/mol. The van der Waals surface area contributed by atoms with E-state index in [0.717, 1.165) is 12.8 Å². The predicted octanol–water partition coefficient (Wildman–Crippen LogP) is 1.77. The molecule has 1 rings (SSSR count). The smallest absolute Gasteiger partial charge is 0.317 e. The number of hydrogen-bond acceptors (Lipinski definition) is 3. The second kappa shape index (κ2) is 6.07. The lowest BCUT2D eigenvalue weighted by atomic mass is 9.98. The number of nitrogens with one attached hydrogen (secondary N) is 1. The van der Waals surface area contributed by atoms with Gasteiger partial charge in [0.2, 0.25) is 0 Å². The first kappa shape index (κ1) is 14.8. The van der Waals surface area contributed by atoms with Gasteiger partial charge in [0.05, 0.1) is 12.5 Å². The maximum Gasteiger partial charge on any atom is 0.317 e. The molecule has 0 aromatic rings. The summed E-state index contributed by atoms with van der Waals surface area (Å²) in [4.78, 5) is 25.4. The molecule has 2 amide bonds. The minimum absolute atomic E-state index is 0.100. The van der Waals surface area contributed by atoms with Crippen LogP contribution >= 0.6 is 0 Å². The molecule has 0 bridgehead atoms. The fourth-order valence-electron chi connectivity index (χ4n) is 2.01. The lowest BCUT2D eigenvalue weighted by molar-refractivity contribution is -0.149. The Kier molecular flexibility index (Phi) is 4.99. The average molecular weight is 256 g/mol. The zero-order valence-corrected chi connectivity index (χ0v) is 11.8. The van der Waals surface area contributed by atoms with Crippen LogP contribution in [0, 0.1) is 5.92 Å². The van der Waals surface area contributed by atoms with Gasteiger partial charge >= 0.3 is 12.0 Å². The average Bonchev–Trinajstić information content (AvgIpc) is 2.27. The van der Waals surface area contributed by atoms with E-state index in [0.29, 0.717) is 19.7 Å². The van der Waals surface area contributed by atoms with Crippen LogP contribution in [0.2, 0.25) is 0 Å². The molecule has 1 fully saturated rings. The summed E-state index contributed by atoms with van der Waals surface area (Å²) in [6.45, 7) is 9.18. The van der Waals surface area contributed by atoms with Crippen molar-refractivity contribution in [2.75, 3.05) is 19.7 Å². The molecule has 18 heavy (non-hydrogen) atoms. The van der Waals surface area contributed by atoms with Crippen molar-refractivity contribution in [3.05, 3.63) is 0 Å². The molecule has 104 valence electrons. The van der Waals surface area contributed by atoms with Gasteiger partial charge in [0.1, 0.15) is 0 Å². The third kappa shape index (κ3) is 4.55. The van der Waals surface area contributed by atoms with Crippen molar-refractivity contribution in [2.24, 2.45) is 5.92 Å². The van der Waals surface area contributed by atoms with Crippen molar-refractivity contribution >= 4 is 12.0 Å². The zero-order chi connectivity index (χ0) is 13.8. The molecule has 5 nitrogen and oxygen atoms in total. The molecule has 0 radical (unpaired) electrons. The summed E-state index contributed by atoms with van der Waals surface area (Å²) in [5.74, 6) is -0.366. The normalized spacial score (nSPS) is 20.4. The molecule has 1 saturated heterocycles. The van der Waals surface area contributed by atoms with Crippen LogP contribution < -0.4 is 5.32 Å². The van der Waals surface area contributed by atoms with Crippen LogP contribution in [0.15, 0.2) is 0 Å². The molecule has 5 heteroatoms. The number of likely N-dealkylation sites (tertiary alicyclic amines) is 1. The summed E-state index contributed by atoms with van der Waals surface area (Å²) in [6, 6.07) is -0.100. The number of piperidine rings is 1. The Labute approximate surface area is 109 Å². The van der Waals surface area contributed by atoms with Crippen molar-refractivity contribution < 1.29 is 14.3 Å². The molecule has 1 aliphatic rings. The number of carbonyl (C=O) groups excluding carboxylic acids is 2. The number of rotatable bonds is 2. The Balaban J connectivity index is 2.53. The van der Waals surface area contributed by atoms with Gasteiger partial charge in [0, 0.05) is 18.6 Å². The highest BCUT2D eigenvalue weighted by molar-refractivity contribution is 5.77. The van der Waals surface area contributed by atoms with E-state index >= 15 is 0 Å². The highest BCUT2D eigenvalue weighted by atomic mass is 16.5. The molecule has 0 aromatic carbocycles. The molecular formula is C13H24N2O3. The Morgan fingerprint density at radius 3 is 2.61 bits per heavy atom. The molecule has 0 spiro atoms. The predicted molar refractivity (Wildman–Crippen MR) is 69.2 cm³/mol. The van der Waals surface area contributed by atoms with Crippen molar-refractivity contribution in [2.45, 2.75) is 46.1 Å². The van der Waals surface area contributed by atoms with Crippen LogP contribution in [0.3, 0.4) is 0 Å². The van der Waals surface area contributed by atoms with Crippen molar-refractivity contribution in [1.29, 1.82) is 0 Å². The first-order valence-corrected chi connectivity index (χ1v) is 6.57. The summed E-state index contributed by atoms with van der Waals surface area (Å²) in [7, 11) is 0. The number of carbonyl (C=O) groups is 2. The van der Waals surface area contributed by atoms with E-state index in [1.165, 1.54) is 0 Å². The van der Waals surface area contributed by atoms with Gasteiger partial charge in [0.15, 0.2) is 0 Å². The van der Waals surface area contributed by atoms with Gasteiger partial charge in [-0.05, 0) is 40.5 Å². The van der Waals surface area contributed by atoms with Crippen LogP contribution in [-0.2, 0) is 9.53 Å².